The largest absolute Gasteiger partial charge is 0.398 e. The van der Waals surface area contributed by atoms with E-state index in [-0.39, 0.29) is 34.5 Å². The number of rotatable bonds is 1. The summed E-state index contributed by atoms with van der Waals surface area (Å²) in [6.07, 6.45) is -3.35. The van der Waals surface area contributed by atoms with Gasteiger partial charge in [0.05, 0.1) is 26.1 Å². The lowest BCUT2D eigenvalue weighted by atomic mass is 9.92. The van der Waals surface area contributed by atoms with E-state index in [0.717, 1.165) is 10.6 Å². The molecule has 21 heavy (non-hydrogen) atoms. The lowest BCUT2D eigenvalue weighted by Crippen LogP contribution is -2.36. The van der Waals surface area contributed by atoms with Crippen LogP contribution in [0.2, 0.25) is 0 Å². The first-order chi connectivity index (χ1) is 12.1. The highest BCUT2D eigenvalue weighted by Gasteiger charge is 2.30. The second-order valence-electron chi connectivity index (χ2n) is 4.76. The standard InChI is InChI=1S/C15H15N3O3/c1-8-17-11-4-2-3-10(16)14(11)15(21)18(8)12-6-5-9(19)7-13(12)20/h2-4,12H,5-7,16H2,1H3/i1D,2D,4D,6D2. The molecule has 3 rings (SSSR count). The van der Waals surface area contributed by atoms with Gasteiger partial charge in [0.1, 0.15) is 11.6 Å². The Hall–Kier alpha value is -2.50. The Morgan fingerprint density at radius 1 is 1.52 bits per heavy atom. The average Bonchev–Trinajstić information content (AvgIpc) is 2.51. The quantitative estimate of drug-likeness (QED) is 0.628. The fraction of sp³-hybridized carbons (Fsp3) is 0.333. The maximum atomic E-state index is 13.0. The van der Waals surface area contributed by atoms with Crippen LogP contribution >= 0.6 is 0 Å². The number of fused-ring (bicyclic) bond motifs is 1. The number of carbonyl (C=O) groups excluding carboxylic acids is 2. The molecule has 0 spiro atoms. The molecule has 1 heterocycles. The summed E-state index contributed by atoms with van der Waals surface area (Å²) in [5.74, 6) is -1.55. The molecule has 1 aromatic carbocycles. The van der Waals surface area contributed by atoms with Crippen LogP contribution in [0.15, 0.2) is 22.9 Å². The summed E-state index contributed by atoms with van der Waals surface area (Å²) >= 11 is 0. The molecule has 0 amide bonds. The molecular formula is C15H15N3O3. The van der Waals surface area contributed by atoms with Gasteiger partial charge in [-0.2, -0.15) is 0 Å². The Kier molecular flexibility index (Phi) is 1.99. The van der Waals surface area contributed by atoms with Crippen molar-refractivity contribution in [2.75, 3.05) is 5.73 Å². The minimum atomic E-state index is -2.32. The number of hydrogen-bond acceptors (Lipinski definition) is 5. The predicted molar refractivity (Wildman–Crippen MR) is 78.1 cm³/mol. The monoisotopic (exact) mass is 290 g/mol. The Morgan fingerprint density at radius 3 is 3.05 bits per heavy atom. The number of Topliss-reactive ketones (excluding diaryl/α,β-unsaturated/α-hetero) is 2. The van der Waals surface area contributed by atoms with E-state index in [1.54, 1.807) is 0 Å². The van der Waals surface area contributed by atoms with E-state index in [9.17, 15) is 14.4 Å². The molecule has 0 saturated heterocycles. The molecule has 2 N–H and O–H groups in total. The number of aromatic nitrogens is 2. The van der Waals surface area contributed by atoms with Crippen molar-refractivity contribution in [3.8, 4) is 0 Å². The van der Waals surface area contributed by atoms with Crippen LogP contribution in [0, 0.1) is 6.90 Å². The van der Waals surface area contributed by atoms with Gasteiger partial charge in [-0.05, 0) is 25.4 Å². The molecular weight excluding hydrogens is 270 g/mol. The van der Waals surface area contributed by atoms with Gasteiger partial charge in [-0.1, -0.05) is 6.04 Å². The summed E-state index contributed by atoms with van der Waals surface area (Å²) in [4.78, 5) is 41.0. The third-order valence-electron chi connectivity index (χ3n) is 3.32. The number of anilines is 1. The van der Waals surface area contributed by atoms with Gasteiger partial charge in [0, 0.05) is 16.2 Å². The zero-order chi connectivity index (χ0) is 19.4. The Morgan fingerprint density at radius 2 is 2.33 bits per heavy atom. The topological polar surface area (TPSA) is 95.0 Å². The van der Waals surface area contributed by atoms with E-state index in [1.165, 1.54) is 0 Å². The molecule has 0 bridgehead atoms. The zero-order valence-electron chi connectivity index (χ0n) is 16.0. The van der Waals surface area contributed by atoms with Crippen molar-refractivity contribution in [3.63, 3.8) is 0 Å². The average molecular weight is 290 g/mol. The number of hydrogen-bond donors (Lipinski definition) is 1. The fourth-order valence-electron chi connectivity index (χ4n) is 2.36. The predicted octanol–water partition coefficient (Wildman–Crippen LogP) is 1.15. The van der Waals surface area contributed by atoms with Gasteiger partial charge in [-0.3, -0.25) is 19.0 Å². The minimum Gasteiger partial charge on any atom is -0.398 e. The van der Waals surface area contributed by atoms with Crippen LogP contribution < -0.4 is 11.3 Å². The van der Waals surface area contributed by atoms with E-state index in [1.807, 2.05) is 0 Å². The third kappa shape index (κ3) is 2.12. The summed E-state index contributed by atoms with van der Waals surface area (Å²) < 4.78 is 40.1. The summed E-state index contributed by atoms with van der Waals surface area (Å²) in [7, 11) is 0. The van der Waals surface area contributed by atoms with Gasteiger partial charge in [-0.25, -0.2) is 4.98 Å². The Labute approximate surface area is 127 Å². The second-order valence-corrected chi connectivity index (χ2v) is 4.76. The summed E-state index contributed by atoms with van der Waals surface area (Å²) in [6, 6.07) is -1.08. The molecule has 2 aromatic rings. The van der Waals surface area contributed by atoms with Crippen molar-refractivity contribution in [1.82, 2.24) is 9.55 Å². The normalized spacial score (nSPS) is 25.0. The number of nitrogen functional groups attached to an aromatic ring is 1. The first-order valence-corrected chi connectivity index (χ1v) is 6.23. The van der Waals surface area contributed by atoms with Gasteiger partial charge in [0.2, 0.25) is 0 Å². The van der Waals surface area contributed by atoms with Crippen molar-refractivity contribution >= 4 is 28.2 Å². The van der Waals surface area contributed by atoms with E-state index >= 15 is 0 Å². The van der Waals surface area contributed by atoms with Gasteiger partial charge in [0.25, 0.3) is 5.56 Å². The molecule has 0 aliphatic heterocycles. The molecule has 1 unspecified atom stereocenters. The maximum Gasteiger partial charge on any atom is 0.264 e. The van der Waals surface area contributed by atoms with Crippen LogP contribution in [0.5, 0.6) is 0 Å². The minimum absolute atomic E-state index is 0.122. The molecule has 1 aromatic heterocycles. The van der Waals surface area contributed by atoms with Gasteiger partial charge < -0.3 is 5.73 Å². The van der Waals surface area contributed by atoms with Crippen molar-refractivity contribution in [3.05, 3.63) is 34.3 Å². The molecule has 1 aliphatic rings. The smallest absolute Gasteiger partial charge is 0.264 e. The van der Waals surface area contributed by atoms with Gasteiger partial charge in [0.15, 0.2) is 5.78 Å². The number of aryl methyl sites for hydroxylation is 1. The second kappa shape index (κ2) is 4.80. The first kappa shape index (κ1) is 8.71. The number of nitrogens with zero attached hydrogens (tertiary/aromatic N) is 2. The van der Waals surface area contributed by atoms with Crippen molar-refractivity contribution < 1.29 is 16.4 Å². The van der Waals surface area contributed by atoms with Crippen LogP contribution in [0.25, 0.3) is 10.9 Å². The van der Waals surface area contributed by atoms with Gasteiger partial charge >= 0.3 is 0 Å². The highest BCUT2D eigenvalue weighted by atomic mass is 16.2. The SMILES string of the molecule is [2H]Cc1nc2c([2H])c([2H])cc(N)c2c(=O)n1C1C(=O)CC(=O)CC1([2H])[2H]. The first-order valence-electron chi connectivity index (χ1n) is 8.93. The van der Waals surface area contributed by atoms with Gasteiger partial charge in [-0.15, -0.1) is 0 Å². The molecule has 1 aliphatic carbocycles. The summed E-state index contributed by atoms with van der Waals surface area (Å²) in [5, 5.41) is -0.205. The highest BCUT2D eigenvalue weighted by Crippen LogP contribution is 2.24. The lowest BCUT2D eigenvalue weighted by Gasteiger charge is -2.24. The number of nitrogens with two attached hydrogens (primary N) is 1. The highest BCUT2D eigenvalue weighted by molar-refractivity contribution is 6.03. The molecule has 6 heteroatoms. The Bertz CT molecular complexity index is 1020. The zero-order valence-corrected chi connectivity index (χ0v) is 11.0. The van der Waals surface area contributed by atoms with Crippen LogP contribution in [0.1, 0.15) is 37.9 Å². The van der Waals surface area contributed by atoms with E-state index in [0.29, 0.717) is 0 Å². The maximum absolute atomic E-state index is 13.0. The summed E-state index contributed by atoms with van der Waals surface area (Å²) in [6.45, 7) is -0.555. The summed E-state index contributed by atoms with van der Waals surface area (Å²) in [5.41, 5.74) is 4.65. The Balaban J connectivity index is 2.40. The van der Waals surface area contributed by atoms with Crippen molar-refractivity contribution in [1.29, 1.82) is 0 Å². The number of carbonyl (C=O) groups is 2. The molecule has 6 nitrogen and oxygen atoms in total. The molecule has 1 atom stereocenters. The van der Waals surface area contributed by atoms with Crippen LogP contribution in [-0.4, -0.2) is 21.1 Å². The number of benzene rings is 1. The van der Waals surface area contributed by atoms with Crippen LogP contribution in [0.4, 0.5) is 5.69 Å². The van der Waals surface area contributed by atoms with Crippen molar-refractivity contribution in [2.45, 2.75) is 32.2 Å². The van der Waals surface area contributed by atoms with E-state index < -0.39 is 49.3 Å². The van der Waals surface area contributed by atoms with E-state index in [4.69, 9.17) is 12.6 Å². The number of ketones is 2. The fourth-order valence-corrected chi connectivity index (χ4v) is 2.36. The van der Waals surface area contributed by atoms with Crippen LogP contribution in [0.3, 0.4) is 0 Å². The van der Waals surface area contributed by atoms with E-state index in [2.05, 4.69) is 4.98 Å². The molecule has 0 radical (unpaired) electrons. The van der Waals surface area contributed by atoms with Crippen LogP contribution in [-0.2, 0) is 9.59 Å². The molecule has 1 saturated carbocycles. The molecule has 1 fully saturated rings. The lowest BCUT2D eigenvalue weighted by molar-refractivity contribution is -0.132. The molecule has 108 valence electrons. The van der Waals surface area contributed by atoms with Crippen molar-refractivity contribution in [2.24, 2.45) is 0 Å². The third-order valence-corrected chi connectivity index (χ3v) is 3.32.